The van der Waals surface area contributed by atoms with Crippen molar-refractivity contribution < 1.29 is 0 Å². The molecule has 4 heteroatoms. The molecule has 3 aromatic rings. The topological polar surface area (TPSA) is 42.2 Å². The van der Waals surface area contributed by atoms with Crippen LogP contribution in [0.3, 0.4) is 0 Å². The molecule has 1 N–H and O–H groups in total. The molecule has 0 amide bonds. The minimum Gasteiger partial charge on any atom is -0.309 e. The molecular weight excluding hydrogens is 248 g/mol. The van der Waals surface area contributed by atoms with Gasteiger partial charge in [0.1, 0.15) is 0 Å². The Morgan fingerprint density at radius 3 is 2.55 bits per heavy atom. The molecule has 1 atom stereocenters. The summed E-state index contributed by atoms with van der Waals surface area (Å²) < 4.78 is 1.86. The van der Waals surface area contributed by atoms with E-state index in [0.717, 1.165) is 11.1 Å². The van der Waals surface area contributed by atoms with Gasteiger partial charge in [0.2, 0.25) is 0 Å². The van der Waals surface area contributed by atoms with E-state index < -0.39 is 0 Å². The molecule has 2 heterocycles. The Hall–Kier alpha value is -2.20. The predicted molar refractivity (Wildman–Crippen MR) is 79.8 cm³/mol. The van der Waals surface area contributed by atoms with E-state index in [2.05, 4.69) is 47.4 Å². The zero-order valence-electron chi connectivity index (χ0n) is 12.0. The first-order valence-electron chi connectivity index (χ1n) is 6.72. The molecule has 0 bridgehead atoms. The molecule has 20 heavy (non-hydrogen) atoms. The van der Waals surface area contributed by atoms with Crippen molar-refractivity contribution in [3.05, 3.63) is 65.2 Å². The Morgan fingerprint density at radius 2 is 1.85 bits per heavy atom. The van der Waals surface area contributed by atoms with Gasteiger partial charge in [-0.3, -0.25) is 4.98 Å². The highest BCUT2D eigenvalue weighted by atomic mass is 15.2. The lowest BCUT2D eigenvalue weighted by atomic mass is 9.97. The van der Waals surface area contributed by atoms with Crippen LogP contribution < -0.4 is 5.32 Å². The SMILES string of the molecule is CNC(c1cc(C)cc(C)c1)c1cnn2ccncc12. The number of benzene rings is 1. The van der Waals surface area contributed by atoms with Gasteiger partial charge in [-0.2, -0.15) is 5.10 Å². The lowest BCUT2D eigenvalue weighted by Crippen LogP contribution is -2.17. The van der Waals surface area contributed by atoms with Gasteiger partial charge in [-0.05, 0) is 26.5 Å². The standard InChI is InChI=1S/C16H18N4/c1-11-6-12(2)8-13(7-11)16(17-3)14-9-19-20-5-4-18-10-15(14)20/h4-10,16-17H,1-3H3. The number of hydrogen-bond donors (Lipinski definition) is 1. The molecule has 4 nitrogen and oxygen atoms in total. The highest BCUT2D eigenvalue weighted by Crippen LogP contribution is 2.26. The molecular formula is C16H18N4. The molecule has 0 fully saturated rings. The zero-order valence-corrected chi connectivity index (χ0v) is 12.0. The van der Waals surface area contributed by atoms with E-state index >= 15 is 0 Å². The Bertz CT molecular complexity index is 725. The quantitative estimate of drug-likeness (QED) is 0.792. The number of aryl methyl sites for hydroxylation is 2. The fourth-order valence-corrected chi connectivity index (χ4v) is 2.75. The van der Waals surface area contributed by atoms with Crippen LogP contribution in [0.4, 0.5) is 0 Å². The molecule has 102 valence electrons. The van der Waals surface area contributed by atoms with Gasteiger partial charge in [0.15, 0.2) is 0 Å². The minimum absolute atomic E-state index is 0.121. The van der Waals surface area contributed by atoms with Crippen molar-refractivity contribution >= 4 is 5.52 Å². The van der Waals surface area contributed by atoms with Crippen LogP contribution in [-0.2, 0) is 0 Å². The number of rotatable bonds is 3. The summed E-state index contributed by atoms with van der Waals surface area (Å²) in [5.74, 6) is 0. The molecule has 0 radical (unpaired) electrons. The van der Waals surface area contributed by atoms with Gasteiger partial charge in [0.25, 0.3) is 0 Å². The van der Waals surface area contributed by atoms with Crippen LogP contribution in [0.1, 0.15) is 28.3 Å². The second kappa shape index (κ2) is 5.06. The molecule has 0 aliphatic rings. The van der Waals surface area contributed by atoms with Gasteiger partial charge in [-0.1, -0.05) is 29.3 Å². The van der Waals surface area contributed by atoms with E-state index in [1.807, 2.05) is 30.2 Å². The van der Waals surface area contributed by atoms with Gasteiger partial charge in [0, 0.05) is 18.0 Å². The molecule has 0 saturated carbocycles. The Balaban J connectivity index is 2.14. The average molecular weight is 266 g/mol. The predicted octanol–water partition coefficient (Wildman–Crippen LogP) is 2.65. The fraction of sp³-hybridized carbons (Fsp3) is 0.250. The van der Waals surface area contributed by atoms with Gasteiger partial charge in [-0.15, -0.1) is 0 Å². The summed E-state index contributed by atoms with van der Waals surface area (Å²) in [7, 11) is 1.97. The van der Waals surface area contributed by atoms with Crippen molar-refractivity contribution in [2.45, 2.75) is 19.9 Å². The summed E-state index contributed by atoms with van der Waals surface area (Å²) in [4.78, 5) is 4.20. The summed E-state index contributed by atoms with van der Waals surface area (Å²) in [6.07, 6.45) is 7.38. The first-order valence-corrected chi connectivity index (χ1v) is 6.72. The molecule has 1 aromatic carbocycles. The first-order chi connectivity index (χ1) is 9.69. The van der Waals surface area contributed by atoms with Gasteiger partial charge in [-0.25, -0.2) is 4.52 Å². The number of nitrogens with zero attached hydrogens (tertiary/aromatic N) is 3. The third-order valence-electron chi connectivity index (χ3n) is 3.53. The zero-order chi connectivity index (χ0) is 14.1. The van der Waals surface area contributed by atoms with Gasteiger partial charge >= 0.3 is 0 Å². The van der Waals surface area contributed by atoms with E-state index in [1.54, 1.807) is 6.20 Å². The molecule has 0 spiro atoms. The molecule has 3 rings (SSSR count). The Morgan fingerprint density at radius 1 is 1.10 bits per heavy atom. The maximum absolute atomic E-state index is 4.39. The second-order valence-corrected chi connectivity index (χ2v) is 5.15. The number of nitrogens with one attached hydrogen (secondary N) is 1. The van der Waals surface area contributed by atoms with Crippen molar-refractivity contribution in [2.75, 3.05) is 7.05 Å². The van der Waals surface area contributed by atoms with Crippen molar-refractivity contribution in [2.24, 2.45) is 0 Å². The lowest BCUT2D eigenvalue weighted by molar-refractivity contribution is 0.695. The van der Waals surface area contributed by atoms with E-state index in [9.17, 15) is 0 Å². The number of hydrogen-bond acceptors (Lipinski definition) is 3. The summed E-state index contributed by atoms with van der Waals surface area (Å²) >= 11 is 0. The smallest absolute Gasteiger partial charge is 0.0896 e. The van der Waals surface area contributed by atoms with Crippen molar-refractivity contribution in [3.8, 4) is 0 Å². The maximum atomic E-state index is 4.39. The largest absolute Gasteiger partial charge is 0.309 e. The molecule has 0 aliphatic carbocycles. The highest BCUT2D eigenvalue weighted by molar-refractivity contribution is 5.56. The van der Waals surface area contributed by atoms with E-state index in [4.69, 9.17) is 0 Å². The Kier molecular flexibility index (Phi) is 3.24. The molecule has 1 unspecified atom stereocenters. The summed E-state index contributed by atoms with van der Waals surface area (Å²) in [6, 6.07) is 6.74. The monoisotopic (exact) mass is 266 g/mol. The van der Waals surface area contributed by atoms with Crippen LogP contribution >= 0.6 is 0 Å². The molecule has 0 saturated heterocycles. The Labute approximate surface area is 118 Å². The highest BCUT2D eigenvalue weighted by Gasteiger charge is 2.17. The van der Waals surface area contributed by atoms with Crippen LogP contribution in [0.25, 0.3) is 5.52 Å². The average Bonchev–Trinajstić information content (AvgIpc) is 2.83. The molecule has 2 aromatic heterocycles. The summed E-state index contributed by atoms with van der Waals surface area (Å²) in [5, 5.41) is 7.78. The van der Waals surface area contributed by atoms with Crippen molar-refractivity contribution in [1.29, 1.82) is 0 Å². The number of aromatic nitrogens is 3. The van der Waals surface area contributed by atoms with Crippen LogP contribution in [0.2, 0.25) is 0 Å². The summed E-state index contributed by atoms with van der Waals surface area (Å²) in [5.41, 5.74) is 5.98. The van der Waals surface area contributed by atoms with Crippen LogP contribution in [0, 0.1) is 13.8 Å². The van der Waals surface area contributed by atoms with E-state index in [1.165, 1.54) is 16.7 Å². The third kappa shape index (κ3) is 2.18. The van der Waals surface area contributed by atoms with E-state index in [0.29, 0.717) is 0 Å². The number of fused-ring (bicyclic) bond motifs is 1. The third-order valence-corrected chi connectivity index (χ3v) is 3.53. The van der Waals surface area contributed by atoms with Crippen molar-refractivity contribution in [3.63, 3.8) is 0 Å². The van der Waals surface area contributed by atoms with Gasteiger partial charge < -0.3 is 5.32 Å². The molecule has 0 aliphatic heterocycles. The van der Waals surface area contributed by atoms with Crippen molar-refractivity contribution in [1.82, 2.24) is 19.9 Å². The van der Waals surface area contributed by atoms with Crippen LogP contribution in [0.5, 0.6) is 0 Å². The maximum Gasteiger partial charge on any atom is 0.0896 e. The fourth-order valence-electron chi connectivity index (χ4n) is 2.75. The van der Waals surface area contributed by atoms with Gasteiger partial charge in [0.05, 0.1) is 24.0 Å². The minimum atomic E-state index is 0.121. The van der Waals surface area contributed by atoms with Crippen LogP contribution in [-0.4, -0.2) is 21.6 Å². The van der Waals surface area contributed by atoms with E-state index in [-0.39, 0.29) is 6.04 Å². The normalized spacial score (nSPS) is 12.8. The van der Waals surface area contributed by atoms with Crippen LogP contribution in [0.15, 0.2) is 43.0 Å². The second-order valence-electron chi connectivity index (χ2n) is 5.15. The summed E-state index contributed by atoms with van der Waals surface area (Å²) in [6.45, 7) is 4.25. The lowest BCUT2D eigenvalue weighted by Gasteiger charge is -2.17. The first kappa shape index (κ1) is 12.8.